The highest BCUT2D eigenvalue weighted by molar-refractivity contribution is 7.21. The number of benzene rings is 3. The summed E-state index contributed by atoms with van der Waals surface area (Å²) in [5, 5.41) is 12.0. The number of nitrogens with zero attached hydrogens (tertiary/aromatic N) is 4. The maximum atomic E-state index is 12.5. The van der Waals surface area contributed by atoms with Gasteiger partial charge in [0.15, 0.2) is 0 Å². The summed E-state index contributed by atoms with van der Waals surface area (Å²) in [4.78, 5) is 29.7. The molecule has 0 saturated carbocycles. The van der Waals surface area contributed by atoms with Crippen LogP contribution in [0, 0.1) is 0 Å². The van der Waals surface area contributed by atoms with Crippen LogP contribution in [0.1, 0.15) is 0 Å². The number of aromatic nitrogens is 4. The monoisotopic (exact) mass is 413 g/mol. The third-order valence-electron chi connectivity index (χ3n) is 4.61. The molecule has 0 aliphatic rings. The highest BCUT2D eigenvalue weighted by Crippen LogP contribution is 2.31. The minimum absolute atomic E-state index is 0.220. The minimum Gasteiger partial charge on any atom is -0.324 e. The van der Waals surface area contributed by atoms with Crippen LogP contribution >= 0.6 is 11.3 Å². The van der Waals surface area contributed by atoms with Gasteiger partial charge >= 0.3 is 0 Å². The molecule has 2 heterocycles. The molecule has 0 bridgehead atoms. The van der Waals surface area contributed by atoms with Crippen molar-refractivity contribution in [2.45, 2.75) is 6.54 Å². The van der Waals surface area contributed by atoms with Crippen LogP contribution in [0.5, 0.6) is 0 Å². The highest BCUT2D eigenvalue weighted by Gasteiger charge is 2.11. The molecular formula is C22H15N5O2S. The molecule has 8 heteroatoms. The zero-order valence-corrected chi connectivity index (χ0v) is 16.5. The van der Waals surface area contributed by atoms with Gasteiger partial charge in [0.2, 0.25) is 5.91 Å². The standard InChI is InChI=1S/C22H15N5O2S/c28-20(13-27-22(29)16-8-1-2-9-17(16)25-26-27)23-15-7-5-6-14(12-15)21-24-18-10-3-4-11-19(18)30-21/h1-12H,13H2,(H,23,28). The molecule has 146 valence electrons. The molecule has 5 rings (SSSR count). The Bertz CT molecular complexity index is 1420. The predicted molar refractivity (Wildman–Crippen MR) is 117 cm³/mol. The normalized spacial score (nSPS) is 11.1. The number of nitrogens with one attached hydrogen (secondary N) is 1. The highest BCUT2D eigenvalue weighted by atomic mass is 32.1. The molecule has 0 saturated heterocycles. The Morgan fingerprint density at radius 2 is 1.77 bits per heavy atom. The fraction of sp³-hybridized carbons (Fsp3) is 0.0455. The number of carbonyl (C=O) groups excluding carboxylic acids is 1. The molecule has 0 aliphatic heterocycles. The van der Waals surface area contributed by atoms with E-state index in [0.29, 0.717) is 16.6 Å². The summed E-state index contributed by atoms with van der Waals surface area (Å²) in [6, 6.07) is 22.3. The van der Waals surface area contributed by atoms with Crippen molar-refractivity contribution >= 4 is 44.1 Å². The number of para-hydroxylation sites is 1. The number of anilines is 1. The fourth-order valence-corrected chi connectivity index (χ4v) is 4.15. The van der Waals surface area contributed by atoms with Crippen molar-refractivity contribution in [1.29, 1.82) is 0 Å². The third-order valence-corrected chi connectivity index (χ3v) is 5.70. The second kappa shape index (κ2) is 7.49. The second-order valence-electron chi connectivity index (χ2n) is 6.69. The van der Waals surface area contributed by atoms with E-state index in [0.717, 1.165) is 25.5 Å². The van der Waals surface area contributed by atoms with Crippen LogP contribution in [0.4, 0.5) is 5.69 Å². The van der Waals surface area contributed by atoms with Crippen molar-refractivity contribution in [3.63, 3.8) is 0 Å². The van der Waals surface area contributed by atoms with Gasteiger partial charge in [-0.15, -0.1) is 16.4 Å². The number of rotatable bonds is 4. The number of fused-ring (bicyclic) bond motifs is 2. The van der Waals surface area contributed by atoms with Gasteiger partial charge in [0.1, 0.15) is 17.1 Å². The van der Waals surface area contributed by atoms with E-state index in [4.69, 9.17) is 0 Å². The molecule has 0 fully saturated rings. The zero-order chi connectivity index (χ0) is 20.5. The third kappa shape index (κ3) is 3.44. The van der Waals surface area contributed by atoms with Gasteiger partial charge in [0.05, 0.1) is 15.6 Å². The summed E-state index contributed by atoms with van der Waals surface area (Å²) in [5.74, 6) is -0.358. The molecule has 0 atom stereocenters. The Hall–Kier alpha value is -3.91. The van der Waals surface area contributed by atoms with Gasteiger partial charge in [-0.2, -0.15) is 0 Å². The van der Waals surface area contributed by atoms with Gasteiger partial charge in [0, 0.05) is 11.3 Å². The smallest absolute Gasteiger partial charge is 0.278 e. The van der Waals surface area contributed by atoms with Crippen molar-refractivity contribution in [2.75, 3.05) is 5.32 Å². The lowest BCUT2D eigenvalue weighted by atomic mass is 10.2. The summed E-state index contributed by atoms with van der Waals surface area (Å²) in [5.41, 5.74) is 2.64. The van der Waals surface area contributed by atoms with E-state index in [9.17, 15) is 9.59 Å². The molecule has 7 nitrogen and oxygen atoms in total. The van der Waals surface area contributed by atoms with E-state index in [1.807, 2.05) is 42.5 Å². The molecule has 0 radical (unpaired) electrons. The molecule has 1 amide bonds. The lowest BCUT2D eigenvalue weighted by Crippen LogP contribution is -2.30. The van der Waals surface area contributed by atoms with E-state index in [2.05, 4.69) is 20.6 Å². The first-order valence-electron chi connectivity index (χ1n) is 9.26. The zero-order valence-electron chi connectivity index (χ0n) is 15.6. The largest absolute Gasteiger partial charge is 0.324 e. The van der Waals surface area contributed by atoms with Crippen LogP contribution in [0.3, 0.4) is 0 Å². The van der Waals surface area contributed by atoms with Crippen LogP contribution in [0.25, 0.3) is 31.7 Å². The van der Waals surface area contributed by atoms with Crippen LogP contribution in [-0.2, 0) is 11.3 Å². The van der Waals surface area contributed by atoms with E-state index >= 15 is 0 Å². The molecule has 3 aromatic carbocycles. The Morgan fingerprint density at radius 1 is 0.967 bits per heavy atom. The van der Waals surface area contributed by atoms with Crippen molar-refractivity contribution in [3.8, 4) is 10.6 Å². The molecule has 0 spiro atoms. The van der Waals surface area contributed by atoms with E-state index in [1.54, 1.807) is 41.7 Å². The lowest BCUT2D eigenvalue weighted by molar-refractivity contribution is -0.117. The van der Waals surface area contributed by atoms with Crippen molar-refractivity contribution in [1.82, 2.24) is 20.0 Å². The van der Waals surface area contributed by atoms with Crippen molar-refractivity contribution < 1.29 is 4.79 Å². The first kappa shape index (κ1) is 18.1. The summed E-state index contributed by atoms with van der Waals surface area (Å²) in [7, 11) is 0. The first-order valence-corrected chi connectivity index (χ1v) is 10.1. The number of thiazole rings is 1. The van der Waals surface area contributed by atoms with Gasteiger partial charge in [-0.05, 0) is 36.4 Å². The Balaban J connectivity index is 1.37. The van der Waals surface area contributed by atoms with Gasteiger partial charge in [0.25, 0.3) is 5.56 Å². The van der Waals surface area contributed by atoms with Crippen molar-refractivity contribution in [3.05, 3.63) is 83.2 Å². The molecule has 5 aromatic rings. The fourth-order valence-electron chi connectivity index (χ4n) is 3.19. The average Bonchev–Trinajstić information content (AvgIpc) is 3.20. The molecule has 1 N–H and O–H groups in total. The maximum absolute atomic E-state index is 12.5. The maximum Gasteiger partial charge on any atom is 0.278 e. The van der Waals surface area contributed by atoms with Crippen LogP contribution < -0.4 is 10.9 Å². The number of carbonyl (C=O) groups is 1. The summed E-state index contributed by atoms with van der Waals surface area (Å²) < 4.78 is 2.17. The lowest BCUT2D eigenvalue weighted by Gasteiger charge is -2.08. The molecule has 30 heavy (non-hydrogen) atoms. The number of hydrogen-bond acceptors (Lipinski definition) is 6. The van der Waals surface area contributed by atoms with Crippen LogP contribution in [0.2, 0.25) is 0 Å². The Labute approximate surface area is 174 Å². The van der Waals surface area contributed by atoms with Gasteiger partial charge in [-0.25, -0.2) is 9.67 Å². The molecule has 0 aliphatic carbocycles. The predicted octanol–water partition coefficient (Wildman–Crippen LogP) is 3.71. The molecule has 2 aromatic heterocycles. The summed E-state index contributed by atoms with van der Waals surface area (Å²) in [6.07, 6.45) is 0. The average molecular weight is 413 g/mol. The minimum atomic E-state index is -0.358. The number of hydrogen-bond donors (Lipinski definition) is 1. The second-order valence-corrected chi connectivity index (χ2v) is 7.72. The van der Waals surface area contributed by atoms with Crippen LogP contribution in [-0.4, -0.2) is 25.9 Å². The first-order chi connectivity index (χ1) is 14.7. The number of amides is 1. The SMILES string of the molecule is O=C(Cn1nnc2ccccc2c1=O)Nc1cccc(-c2nc3ccccc3s2)c1. The molecule has 0 unspecified atom stereocenters. The van der Waals surface area contributed by atoms with Gasteiger partial charge in [-0.3, -0.25) is 9.59 Å². The topological polar surface area (TPSA) is 89.8 Å². The van der Waals surface area contributed by atoms with E-state index in [1.165, 1.54) is 0 Å². The Morgan fingerprint density at radius 3 is 2.63 bits per heavy atom. The quantitative estimate of drug-likeness (QED) is 0.485. The Kier molecular flexibility index (Phi) is 4.53. The summed E-state index contributed by atoms with van der Waals surface area (Å²) >= 11 is 1.60. The van der Waals surface area contributed by atoms with E-state index in [-0.39, 0.29) is 18.0 Å². The van der Waals surface area contributed by atoms with Gasteiger partial charge in [-0.1, -0.05) is 41.6 Å². The van der Waals surface area contributed by atoms with E-state index < -0.39 is 0 Å². The summed E-state index contributed by atoms with van der Waals surface area (Å²) in [6.45, 7) is -0.220. The van der Waals surface area contributed by atoms with Crippen LogP contribution in [0.15, 0.2) is 77.6 Å². The van der Waals surface area contributed by atoms with Crippen molar-refractivity contribution in [2.24, 2.45) is 0 Å². The molecular weight excluding hydrogens is 398 g/mol. The van der Waals surface area contributed by atoms with Gasteiger partial charge < -0.3 is 5.32 Å².